The van der Waals surface area contributed by atoms with Crippen LogP contribution in [0.3, 0.4) is 0 Å². The number of carbonyl (C=O) groups excluding carboxylic acids is 1. The molecule has 27 heavy (non-hydrogen) atoms. The fourth-order valence-corrected chi connectivity index (χ4v) is 6.15. The SMILES string of the molecule is [2H]C1=C2C([2H])([2H])C[C@H]3[C@@H]4CC[C@@](O)(C#C)[C@@]4(CC)CC[C@@H]3[C@@]2([2H])CC([2H])([2H])/C1=N/OC(C)=O. The molecular formula is C23H31NO3. The van der Waals surface area contributed by atoms with Gasteiger partial charge in [0.15, 0.2) is 0 Å². The van der Waals surface area contributed by atoms with Crippen molar-refractivity contribution in [1.82, 2.24) is 0 Å². The van der Waals surface area contributed by atoms with Crippen LogP contribution < -0.4 is 0 Å². The van der Waals surface area contributed by atoms with Crippen molar-refractivity contribution >= 4 is 11.7 Å². The quantitative estimate of drug-likeness (QED) is 0.446. The highest BCUT2D eigenvalue weighted by Gasteiger charge is 2.63. The number of allylic oxidation sites excluding steroid dienone is 2. The monoisotopic (exact) mass is 375 g/mol. The van der Waals surface area contributed by atoms with E-state index in [-0.39, 0.29) is 36.2 Å². The minimum absolute atomic E-state index is 0.0719. The Hall–Kier alpha value is -1.60. The van der Waals surface area contributed by atoms with Crippen LogP contribution in [0.5, 0.6) is 0 Å². The Morgan fingerprint density at radius 2 is 2.26 bits per heavy atom. The van der Waals surface area contributed by atoms with E-state index in [1.54, 1.807) is 0 Å². The first-order valence-corrected chi connectivity index (χ1v) is 9.87. The molecule has 3 saturated carbocycles. The van der Waals surface area contributed by atoms with Crippen LogP contribution in [-0.2, 0) is 9.63 Å². The van der Waals surface area contributed by atoms with Gasteiger partial charge in [0, 0.05) is 19.2 Å². The van der Waals surface area contributed by atoms with E-state index in [2.05, 4.69) is 15.9 Å². The van der Waals surface area contributed by atoms with Crippen LogP contribution in [0.1, 0.15) is 79.8 Å². The Morgan fingerprint density at radius 3 is 2.96 bits per heavy atom. The summed E-state index contributed by atoms with van der Waals surface area (Å²) in [6.07, 6.45) is 4.01. The van der Waals surface area contributed by atoms with Crippen molar-refractivity contribution in [3.8, 4) is 12.3 Å². The second kappa shape index (κ2) is 6.78. The van der Waals surface area contributed by atoms with Crippen molar-refractivity contribution in [2.75, 3.05) is 0 Å². The van der Waals surface area contributed by atoms with Crippen LogP contribution in [0, 0.1) is 41.4 Å². The molecule has 0 heterocycles. The van der Waals surface area contributed by atoms with E-state index < -0.39 is 47.4 Å². The third kappa shape index (κ3) is 2.78. The van der Waals surface area contributed by atoms with E-state index in [1.807, 2.05) is 6.92 Å². The number of rotatable bonds is 2. The zero-order valence-electron chi connectivity index (χ0n) is 22.0. The number of oxime groups is 1. The molecule has 4 aliphatic rings. The molecule has 0 bridgehead atoms. The number of fused-ring (bicyclic) bond motifs is 5. The smallest absolute Gasteiger partial charge is 0.331 e. The number of terminal acetylenes is 1. The largest absolute Gasteiger partial charge is 0.377 e. The Bertz CT molecular complexity index is 987. The first-order chi connectivity index (χ1) is 15.2. The Labute approximate surface area is 170 Å². The third-order valence-corrected chi connectivity index (χ3v) is 7.39. The summed E-state index contributed by atoms with van der Waals surface area (Å²) >= 11 is 0. The predicted octanol–water partition coefficient (Wildman–Crippen LogP) is 4.23. The van der Waals surface area contributed by atoms with Gasteiger partial charge in [-0.25, -0.2) is 4.79 Å². The number of aliphatic hydroxyl groups is 1. The lowest BCUT2D eigenvalue weighted by molar-refractivity contribution is -0.140. The van der Waals surface area contributed by atoms with Crippen molar-refractivity contribution < 1.29 is 23.0 Å². The van der Waals surface area contributed by atoms with Gasteiger partial charge in [-0.3, -0.25) is 0 Å². The Morgan fingerprint density at radius 1 is 1.44 bits per heavy atom. The predicted molar refractivity (Wildman–Crippen MR) is 105 cm³/mol. The average molecular weight is 376 g/mol. The van der Waals surface area contributed by atoms with Gasteiger partial charge in [0.1, 0.15) is 5.60 Å². The molecule has 3 fully saturated rings. The molecule has 4 heteroatoms. The lowest BCUT2D eigenvalue weighted by Crippen LogP contribution is -2.53. The van der Waals surface area contributed by atoms with Gasteiger partial charge in [0.05, 0.1) is 7.08 Å². The Balaban J connectivity index is 1.85. The maximum Gasteiger partial charge on any atom is 0.331 e. The molecule has 4 rings (SSSR count). The molecule has 0 amide bonds. The summed E-state index contributed by atoms with van der Waals surface area (Å²) < 4.78 is 52.9. The first kappa shape index (κ1) is 12.8. The van der Waals surface area contributed by atoms with Gasteiger partial charge in [-0.05, 0) is 87.4 Å². The molecular weight excluding hydrogens is 338 g/mol. The zero-order chi connectivity index (χ0) is 24.6. The van der Waals surface area contributed by atoms with Gasteiger partial charge in [-0.2, -0.15) is 0 Å². The average Bonchev–Trinajstić information content (AvgIpc) is 2.99. The maximum absolute atomic E-state index is 11.3. The normalized spacial score (nSPS) is 54.6. The van der Waals surface area contributed by atoms with Gasteiger partial charge in [-0.1, -0.05) is 23.6 Å². The number of carbonyl (C=O) groups is 1. The minimum atomic E-state index is -2.23. The highest BCUT2D eigenvalue weighted by atomic mass is 16.7. The van der Waals surface area contributed by atoms with Gasteiger partial charge in [0.2, 0.25) is 0 Å². The fourth-order valence-electron chi connectivity index (χ4n) is 6.15. The summed E-state index contributed by atoms with van der Waals surface area (Å²) in [5.74, 6) is -0.484. The van der Waals surface area contributed by atoms with E-state index in [4.69, 9.17) is 13.3 Å². The van der Waals surface area contributed by atoms with Gasteiger partial charge < -0.3 is 9.94 Å². The van der Waals surface area contributed by atoms with E-state index in [0.717, 1.165) is 6.92 Å². The molecule has 0 aromatic carbocycles. The molecule has 146 valence electrons. The molecule has 0 spiro atoms. The van der Waals surface area contributed by atoms with Gasteiger partial charge >= 0.3 is 5.97 Å². The van der Waals surface area contributed by atoms with Crippen LogP contribution in [0.25, 0.3) is 0 Å². The molecule has 0 aromatic rings. The van der Waals surface area contributed by atoms with E-state index in [9.17, 15) is 11.3 Å². The van der Waals surface area contributed by atoms with E-state index >= 15 is 0 Å². The maximum atomic E-state index is 11.3. The van der Waals surface area contributed by atoms with Crippen molar-refractivity contribution in [3.05, 3.63) is 11.6 Å². The molecule has 4 aliphatic carbocycles. The summed E-state index contributed by atoms with van der Waals surface area (Å²) in [4.78, 5) is 15.9. The molecule has 0 radical (unpaired) electrons. The summed E-state index contributed by atoms with van der Waals surface area (Å²) in [7, 11) is 0. The fraction of sp³-hybridized carbons (Fsp3) is 0.739. The molecule has 4 nitrogen and oxygen atoms in total. The molecule has 0 aliphatic heterocycles. The van der Waals surface area contributed by atoms with Crippen molar-refractivity contribution in [2.45, 2.75) is 77.1 Å². The second-order valence-corrected chi connectivity index (χ2v) is 8.25. The number of hydrogen-bond donors (Lipinski definition) is 1. The van der Waals surface area contributed by atoms with Crippen LogP contribution in [0.2, 0.25) is 0 Å². The number of nitrogens with zero attached hydrogens (tertiary/aromatic N) is 1. The molecule has 0 aromatic heterocycles. The van der Waals surface area contributed by atoms with E-state index in [1.165, 1.54) is 0 Å². The lowest BCUT2D eigenvalue weighted by atomic mass is 9.49. The van der Waals surface area contributed by atoms with Crippen molar-refractivity contribution in [1.29, 1.82) is 0 Å². The number of hydrogen-bond acceptors (Lipinski definition) is 4. The van der Waals surface area contributed by atoms with Crippen molar-refractivity contribution in [3.63, 3.8) is 0 Å². The molecule has 0 unspecified atom stereocenters. The van der Waals surface area contributed by atoms with E-state index in [0.29, 0.717) is 32.1 Å². The van der Waals surface area contributed by atoms with Crippen LogP contribution in [0.15, 0.2) is 16.8 Å². The minimum Gasteiger partial charge on any atom is -0.377 e. The highest BCUT2D eigenvalue weighted by Crippen LogP contribution is 2.66. The summed E-state index contributed by atoms with van der Waals surface area (Å²) in [6.45, 7) is 3.11. The zero-order valence-corrected chi connectivity index (χ0v) is 16.0. The molecule has 0 saturated heterocycles. The summed E-state index contributed by atoms with van der Waals surface area (Å²) in [6, 6.07) is -0.482. The Kier molecular flexibility index (Phi) is 3.21. The van der Waals surface area contributed by atoms with Crippen LogP contribution >= 0.6 is 0 Å². The summed E-state index contributed by atoms with van der Waals surface area (Å²) in [5, 5.41) is 14.9. The van der Waals surface area contributed by atoms with Gasteiger partial charge in [0.25, 0.3) is 0 Å². The highest BCUT2D eigenvalue weighted by molar-refractivity contribution is 5.96. The van der Waals surface area contributed by atoms with Crippen molar-refractivity contribution in [2.24, 2.45) is 34.2 Å². The topological polar surface area (TPSA) is 58.9 Å². The second-order valence-electron chi connectivity index (χ2n) is 8.25. The standard InChI is InChI=1S/C23H31NO3/c1-4-22-12-10-19-18-9-7-17(24-27-15(3)25)14-16(18)6-8-20(19)21(22)11-13-23(22,26)5-2/h2,14,18-21,26H,4,6-13H2,1,3H3/b24-17-/t18-,19+,20+,21-,22-,23-/m0/s1/i6D2,7D2,14D,18D. The third-order valence-electron chi connectivity index (χ3n) is 7.39. The molecule has 1 N–H and O–H groups in total. The van der Waals surface area contributed by atoms with Gasteiger partial charge in [-0.15, -0.1) is 6.42 Å². The van der Waals surface area contributed by atoms with Crippen LogP contribution in [0.4, 0.5) is 0 Å². The lowest BCUT2D eigenvalue weighted by Gasteiger charge is -2.56. The van der Waals surface area contributed by atoms with Crippen LogP contribution in [-0.4, -0.2) is 22.4 Å². The molecule has 6 atom stereocenters. The first-order valence-electron chi connectivity index (χ1n) is 12.9. The summed E-state index contributed by atoms with van der Waals surface area (Å²) in [5.41, 5.74) is -2.33.